The maximum absolute atomic E-state index is 13.1. The lowest BCUT2D eigenvalue weighted by Gasteiger charge is -2.31. The maximum atomic E-state index is 13.1. The van der Waals surface area contributed by atoms with E-state index >= 15 is 0 Å². The van der Waals surface area contributed by atoms with E-state index in [-0.39, 0.29) is 23.4 Å². The van der Waals surface area contributed by atoms with Crippen LogP contribution in [0.4, 0.5) is 0 Å². The van der Waals surface area contributed by atoms with Gasteiger partial charge in [0.05, 0.1) is 0 Å². The number of hydrogen-bond donors (Lipinski definition) is 0. The van der Waals surface area contributed by atoms with Crippen molar-refractivity contribution in [2.24, 2.45) is 11.8 Å². The summed E-state index contributed by atoms with van der Waals surface area (Å²) in [6.45, 7) is 4.08. The fraction of sp³-hybridized carbons (Fsp3) is 0.273. The van der Waals surface area contributed by atoms with E-state index in [1.165, 1.54) is 11.1 Å². The third kappa shape index (κ3) is 3.92. The first-order chi connectivity index (χ1) is 12.4. The topological polar surface area (TPSA) is 34.1 Å². The molecule has 0 heterocycles. The molecule has 26 heavy (non-hydrogen) atoms. The Kier molecular flexibility index (Phi) is 5.64. The van der Waals surface area contributed by atoms with E-state index in [0.717, 1.165) is 0 Å². The summed E-state index contributed by atoms with van der Waals surface area (Å²) in [5.74, 6) is -0.715. The van der Waals surface area contributed by atoms with E-state index in [2.05, 4.69) is 0 Å². The summed E-state index contributed by atoms with van der Waals surface area (Å²) in [4.78, 5) is 26.2. The van der Waals surface area contributed by atoms with Gasteiger partial charge in [0.2, 0.25) is 0 Å². The number of carbonyl (C=O) groups is 2. The van der Waals surface area contributed by atoms with Crippen LogP contribution in [-0.2, 0) is 0 Å². The third-order valence-corrected chi connectivity index (χ3v) is 5.70. The summed E-state index contributed by atoms with van der Waals surface area (Å²) in [6.07, 6.45) is 1.22. The Morgan fingerprint density at radius 1 is 0.692 bits per heavy atom. The number of Topliss-reactive ketones (excluding diaryl/α,β-unsaturated/α-hetero) is 2. The van der Waals surface area contributed by atoms with E-state index in [1.807, 2.05) is 13.8 Å². The number of benzene rings is 2. The highest BCUT2D eigenvalue weighted by atomic mass is 35.5. The molecule has 3 rings (SSSR count). The van der Waals surface area contributed by atoms with Crippen LogP contribution in [0, 0.1) is 11.8 Å². The summed E-state index contributed by atoms with van der Waals surface area (Å²) in [5.41, 5.74) is 3.58. The molecule has 1 aliphatic rings. The molecular formula is C22H20Cl2O2. The van der Waals surface area contributed by atoms with Crippen LogP contribution in [0.1, 0.15) is 47.4 Å². The minimum absolute atomic E-state index is 0.000769. The van der Waals surface area contributed by atoms with E-state index in [1.54, 1.807) is 48.5 Å². The highest BCUT2D eigenvalue weighted by Crippen LogP contribution is 2.38. The number of ketones is 2. The zero-order valence-corrected chi connectivity index (χ0v) is 16.3. The standard InChI is InChI=1S/C22H20Cl2O2/c1-13-11-19(21(25)15-3-7-17(23)8-4-15)20(12-14(13)2)22(26)16-5-9-18(24)10-6-16/h3-10,19-20H,11-12H2,1-2H3/t19-,20+. The van der Waals surface area contributed by atoms with E-state index in [9.17, 15) is 9.59 Å². The van der Waals surface area contributed by atoms with Gasteiger partial charge in [0, 0.05) is 33.0 Å². The Balaban J connectivity index is 1.94. The zero-order valence-electron chi connectivity index (χ0n) is 14.8. The summed E-state index contributed by atoms with van der Waals surface area (Å²) >= 11 is 11.9. The minimum Gasteiger partial charge on any atom is -0.294 e. The quantitative estimate of drug-likeness (QED) is 0.448. The Morgan fingerprint density at radius 2 is 1.00 bits per heavy atom. The predicted molar refractivity (Wildman–Crippen MR) is 106 cm³/mol. The van der Waals surface area contributed by atoms with Crippen LogP contribution in [0.2, 0.25) is 10.0 Å². The highest BCUT2D eigenvalue weighted by Gasteiger charge is 2.37. The number of halogens is 2. The second kappa shape index (κ2) is 7.77. The van der Waals surface area contributed by atoms with Crippen molar-refractivity contribution in [1.29, 1.82) is 0 Å². The maximum Gasteiger partial charge on any atom is 0.167 e. The van der Waals surface area contributed by atoms with Crippen LogP contribution in [0.15, 0.2) is 59.7 Å². The van der Waals surface area contributed by atoms with Gasteiger partial charge in [-0.2, -0.15) is 0 Å². The molecule has 0 spiro atoms. The number of hydrogen-bond acceptors (Lipinski definition) is 2. The van der Waals surface area contributed by atoms with E-state index in [0.29, 0.717) is 34.0 Å². The molecule has 0 unspecified atom stereocenters. The van der Waals surface area contributed by atoms with Gasteiger partial charge >= 0.3 is 0 Å². The van der Waals surface area contributed by atoms with E-state index in [4.69, 9.17) is 23.2 Å². The first-order valence-electron chi connectivity index (χ1n) is 8.61. The fourth-order valence-corrected chi connectivity index (χ4v) is 3.75. The minimum atomic E-state index is -0.358. The Labute approximate surface area is 163 Å². The number of allylic oxidation sites excluding steroid dienone is 2. The van der Waals surface area contributed by atoms with Gasteiger partial charge in [-0.3, -0.25) is 9.59 Å². The molecular weight excluding hydrogens is 367 g/mol. The van der Waals surface area contributed by atoms with Gasteiger partial charge in [-0.15, -0.1) is 0 Å². The Morgan fingerprint density at radius 3 is 1.31 bits per heavy atom. The average Bonchev–Trinajstić information content (AvgIpc) is 2.63. The van der Waals surface area contributed by atoms with Crippen molar-refractivity contribution < 1.29 is 9.59 Å². The van der Waals surface area contributed by atoms with Crippen molar-refractivity contribution in [2.75, 3.05) is 0 Å². The largest absolute Gasteiger partial charge is 0.294 e. The third-order valence-electron chi connectivity index (χ3n) is 5.20. The SMILES string of the molecule is CC1=C(C)C[C@@H](C(=O)c2ccc(Cl)cc2)[C@@H](C(=O)c2ccc(Cl)cc2)C1. The van der Waals surface area contributed by atoms with Gasteiger partial charge < -0.3 is 0 Å². The summed E-state index contributed by atoms with van der Waals surface area (Å²) in [7, 11) is 0. The van der Waals surface area contributed by atoms with Crippen LogP contribution in [0.3, 0.4) is 0 Å². The molecule has 0 amide bonds. The smallest absolute Gasteiger partial charge is 0.167 e. The lowest BCUT2D eigenvalue weighted by molar-refractivity contribution is 0.0753. The first-order valence-corrected chi connectivity index (χ1v) is 9.37. The molecule has 1 aliphatic carbocycles. The van der Waals surface area contributed by atoms with Crippen molar-refractivity contribution in [3.05, 3.63) is 80.8 Å². The van der Waals surface area contributed by atoms with Gasteiger partial charge in [0.15, 0.2) is 11.6 Å². The van der Waals surface area contributed by atoms with Gasteiger partial charge in [-0.05, 0) is 75.2 Å². The second-order valence-corrected chi connectivity index (χ2v) is 7.80. The highest BCUT2D eigenvalue weighted by molar-refractivity contribution is 6.31. The zero-order chi connectivity index (χ0) is 18.8. The molecule has 2 nitrogen and oxygen atoms in total. The first kappa shape index (κ1) is 18.9. The molecule has 2 aromatic carbocycles. The molecule has 0 aliphatic heterocycles. The van der Waals surface area contributed by atoms with Gasteiger partial charge in [0.1, 0.15) is 0 Å². The predicted octanol–water partition coefficient (Wildman–Crippen LogP) is 6.42. The summed E-state index contributed by atoms with van der Waals surface area (Å²) < 4.78 is 0. The molecule has 0 radical (unpaired) electrons. The molecule has 0 N–H and O–H groups in total. The van der Waals surface area contributed by atoms with Crippen LogP contribution < -0.4 is 0 Å². The molecule has 4 heteroatoms. The Bertz CT molecular complexity index is 791. The van der Waals surface area contributed by atoms with Crippen LogP contribution in [-0.4, -0.2) is 11.6 Å². The van der Waals surface area contributed by atoms with Gasteiger partial charge in [0.25, 0.3) is 0 Å². The van der Waals surface area contributed by atoms with Gasteiger partial charge in [-0.25, -0.2) is 0 Å². The molecule has 0 bridgehead atoms. The number of rotatable bonds is 4. The molecule has 2 aromatic rings. The summed E-state index contributed by atoms with van der Waals surface area (Å²) in [6, 6.07) is 13.8. The van der Waals surface area contributed by atoms with Crippen LogP contribution in [0.25, 0.3) is 0 Å². The normalized spacial score (nSPS) is 20.2. The molecule has 0 saturated heterocycles. The fourth-order valence-electron chi connectivity index (χ4n) is 3.50. The van der Waals surface area contributed by atoms with Gasteiger partial charge in [-0.1, -0.05) is 34.3 Å². The Hall–Kier alpha value is -1.90. The van der Waals surface area contributed by atoms with Crippen LogP contribution >= 0.6 is 23.2 Å². The van der Waals surface area contributed by atoms with E-state index < -0.39 is 0 Å². The molecule has 0 fully saturated rings. The molecule has 0 saturated carbocycles. The van der Waals surface area contributed by atoms with Crippen molar-refractivity contribution in [1.82, 2.24) is 0 Å². The molecule has 134 valence electrons. The van der Waals surface area contributed by atoms with Crippen molar-refractivity contribution in [3.8, 4) is 0 Å². The van der Waals surface area contributed by atoms with Crippen molar-refractivity contribution in [2.45, 2.75) is 26.7 Å². The monoisotopic (exact) mass is 386 g/mol. The molecule has 2 atom stereocenters. The van der Waals surface area contributed by atoms with Crippen molar-refractivity contribution >= 4 is 34.8 Å². The second-order valence-electron chi connectivity index (χ2n) is 6.92. The lowest BCUT2D eigenvalue weighted by Crippen LogP contribution is -2.33. The summed E-state index contributed by atoms with van der Waals surface area (Å²) in [5, 5.41) is 1.18. The van der Waals surface area contributed by atoms with Crippen LogP contribution in [0.5, 0.6) is 0 Å². The molecule has 0 aromatic heterocycles. The number of carbonyl (C=O) groups excluding carboxylic acids is 2. The van der Waals surface area contributed by atoms with Crippen molar-refractivity contribution in [3.63, 3.8) is 0 Å². The lowest BCUT2D eigenvalue weighted by atomic mass is 9.70. The average molecular weight is 387 g/mol.